The zero-order chi connectivity index (χ0) is 16.4. The quantitative estimate of drug-likeness (QED) is 0.843. The van der Waals surface area contributed by atoms with E-state index in [0.29, 0.717) is 24.4 Å². The Bertz CT molecular complexity index is 639. The van der Waals surface area contributed by atoms with Crippen molar-refractivity contribution in [3.05, 3.63) is 24.3 Å². The zero-order valence-electron chi connectivity index (χ0n) is 12.8. The SMILES string of the molecule is C[C@@H](OC(=O)[C@H]1CCCO1)C(=O)N1CC(=O)Nc2ccccc21. The minimum Gasteiger partial charge on any atom is -0.451 e. The predicted octanol–water partition coefficient (Wildman–Crippen LogP) is 1.08. The number of ether oxygens (including phenoxy) is 2. The number of nitrogens with one attached hydrogen (secondary N) is 1. The van der Waals surface area contributed by atoms with Crippen molar-refractivity contribution in [3.63, 3.8) is 0 Å². The molecule has 2 amide bonds. The Morgan fingerprint density at radius 2 is 2.17 bits per heavy atom. The van der Waals surface area contributed by atoms with Crippen molar-refractivity contribution in [1.29, 1.82) is 0 Å². The number of hydrogen-bond donors (Lipinski definition) is 1. The van der Waals surface area contributed by atoms with E-state index in [1.54, 1.807) is 24.3 Å². The fourth-order valence-electron chi connectivity index (χ4n) is 2.71. The third-order valence-electron chi connectivity index (χ3n) is 3.87. The van der Waals surface area contributed by atoms with Crippen LogP contribution in [0.3, 0.4) is 0 Å². The second-order valence-electron chi connectivity index (χ2n) is 5.57. The van der Waals surface area contributed by atoms with Gasteiger partial charge < -0.3 is 14.8 Å². The minimum absolute atomic E-state index is 0.0995. The van der Waals surface area contributed by atoms with Crippen LogP contribution in [0.2, 0.25) is 0 Å². The van der Waals surface area contributed by atoms with Gasteiger partial charge in [0.2, 0.25) is 5.91 Å². The highest BCUT2D eigenvalue weighted by Crippen LogP contribution is 2.29. The molecule has 2 atom stereocenters. The summed E-state index contributed by atoms with van der Waals surface area (Å²) in [6.07, 6.45) is -0.163. The average molecular weight is 318 g/mol. The van der Waals surface area contributed by atoms with E-state index in [-0.39, 0.29) is 12.5 Å². The highest BCUT2D eigenvalue weighted by atomic mass is 16.6. The molecule has 0 aliphatic carbocycles. The molecule has 0 bridgehead atoms. The molecule has 7 nitrogen and oxygen atoms in total. The van der Waals surface area contributed by atoms with E-state index in [0.717, 1.165) is 6.42 Å². The fourth-order valence-corrected chi connectivity index (χ4v) is 2.71. The van der Waals surface area contributed by atoms with E-state index < -0.39 is 24.1 Å². The van der Waals surface area contributed by atoms with E-state index in [9.17, 15) is 14.4 Å². The fraction of sp³-hybridized carbons (Fsp3) is 0.438. The minimum atomic E-state index is -0.981. The molecule has 1 fully saturated rings. The lowest BCUT2D eigenvalue weighted by Crippen LogP contribution is -2.47. The predicted molar refractivity (Wildman–Crippen MR) is 82.0 cm³/mol. The van der Waals surface area contributed by atoms with Gasteiger partial charge in [-0.05, 0) is 31.9 Å². The van der Waals surface area contributed by atoms with E-state index >= 15 is 0 Å². The lowest BCUT2D eigenvalue weighted by Gasteiger charge is -2.31. The summed E-state index contributed by atoms with van der Waals surface area (Å²) in [5, 5.41) is 2.71. The van der Waals surface area contributed by atoms with Crippen molar-refractivity contribution in [2.45, 2.75) is 32.0 Å². The van der Waals surface area contributed by atoms with E-state index in [4.69, 9.17) is 9.47 Å². The first-order valence-corrected chi connectivity index (χ1v) is 7.58. The summed E-state index contributed by atoms with van der Waals surface area (Å²) < 4.78 is 10.5. The molecule has 23 heavy (non-hydrogen) atoms. The van der Waals surface area contributed by atoms with E-state index in [2.05, 4.69) is 5.32 Å². The van der Waals surface area contributed by atoms with Crippen molar-refractivity contribution in [3.8, 4) is 0 Å². The van der Waals surface area contributed by atoms with Gasteiger partial charge in [0.15, 0.2) is 12.2 Å². The number of benzene rings is 1. The number of rotatable bonds is 3. The molecule has 2 aliphatic rings. The maximum atomic E-state index is 12.6. The van der Waals surface area contributed by atoms with Crippen LogP contribution in [0.1, 0.15) is 19.8 Å². The van der Waals surface area contributed by atoms with Crippen LogP contribution in [-0.4, -0.2) is 43.1 Å². The van der Waals surface area contributed by atoms with Gasteiger partial charge in [-0.3, -0.25) is 14.5 Å². The summed E-state index contributed by atoms with van der Waals surface area (Å²) in [4.78, 5) is 37.6. The molecular weight excluding hydrogens is 300 g/mol. The first-order valence-electron chi connectivity index (χ1n) is 7.58. The Balaban J connectivity index is 1.72. The Hall–Kier alpha value is -2.41. The van der Waals surface area contributed by atoms with Crippen LogP contribution in [0, 0.1) is 0 Å². The lowest BCUT2D eigenvalue weighted by molar-refractivity contribution is -0.162. The number of fused-ring (bicyclic) bond motifs is 1. The first-order chi connectivity index (χ1) is 11.1. The number of carbonyl (C=O) groups excluding carboxylic acids is 3. The van der Waals surface area contributed by atoms with Crippen LogP contribution >= 0.6 is 0 Å². The highest BCUT2D eigenvalue weighted by molar-refractivity contribution is 6.11. The molecule has 1 aromatic rings. The van der Waals surface area contributed by atoms with Gasteiger partial charge in [0.1, 0.15) is 6.54 Å². The van der Waals surface area contributed by atoms with Crippen LogP contribution in [0.15, 0.2) is 24.3 Å². The number of carbonyl (C=O) groups is 3. The number of hydrogen-bond acceptors (Lipinski definition) is 5. The third kappa shape index (κ3) is 3.19. The van der Waals surface area contributed by atoms with Gasteiger partial charge in [-0.25, -0.2) is 4.79 Å². The topological polar surface area (TPSA) is 84.9 Å². The van der Waals surface area contributed by atoms with Gasteiger partial charge >= 0.3 is 5.97 Å². The molecule has 2 aliphatic heterocycles. The second-order valence-corrected chi connectivity index (χ2v) is 5.57. The van der Waals surface area contributed by atoms with Gasteiger partial charge in [0, 0.05) is 6.61 Å². The number of amides is 2. The zero-order valence-corrected chi connectivity index (χ0v) is 12.8. The van der Waals surface area contributed by atoms with Crippen molar-refractivity contribution in [2.75, 3.05) is 23.4 Å². The summed E-state index contributed by atoms with van der Waals surface area (Å²) in [6.45, 7) is 1.93. The third-order valence-corrected chi connectivity index (χ3v) is 3.87. The second kappa shape index (κ2) is 6.37. The van der Waals surface area contributed by atoms with Crippen LogP contribution in [0.5, 0.6) is 0 Å². The normalized spacial score (nSPS) is 21.3. The molecule has 0 saturated carbocycles. The van der Waals surface area contributed by atoms with E-state index in [1.807, 2.05) is 0 Å². The van der Waals surface area contributed by atoms with Crippen molar-refractivity contribution < 1.29 is 23.9 Å². The van der Waals surface area contributed by atoms with Crippen LogP contribution < -0.4 is 10.2 Å². The van der Waals surface area contributed by atoms with Crippen molar-refractivity contribution >= 4 is 29.2 Å². The maximum absolute atomic E-state index is 12.6. The molecule has 1 aromatic carbocycles. The molecule has 1 N–H and O–H groups in total. The molecule has 0 aromatic heterocycles. The molecule has 7 heteroatoms. The first kappa shape index (κ1) is 15.5. The largest absolute Gasteiger partial charge is 0.451 e. The van der Waals surface area contributed by atoms with Crippen molar-refractivity contribution in [2.24, 2.45) is 0 Å². The lowest BCUT2D eigenvalue weighted by atomic mass is 10.1. The van der Waals surface area contributed by atoms with Gasteiger partial charge in [0.25, 0.3) is 5.91 Å². The van der Waals surface area contributed by atoms with Gasteiger partial charge in [-0.15, -0.1) is 0 Å². The number of anilines is 2. The van der Waals surface area contributed by atoms with Gasteiger partial charge in [0.05, 0.1) is 11.4 Å². The molecule has 2 heterocycles. The van der Waals surface area contributed by atoms with Gasteiger partial charge in [-0.2, -0.15) is 0 Å². The van der Waals surface area contributed by atoms with Crippen LogP contribution in [-0.2, 0) is 23.9 Å². The summed E-state index contributed by atoms with van der Waals surface area (Å²) in [7, 11) is 0. The van der Waals surface area contributed by atoms with E-state index in [1.165, 1.54) is 11.8 Å². The molecule has 0 radical (unpaired) electrons. The molecule has 0 spiro atoms. The smallest absolute Gasteiger partial charge is 0.336 e. The van der Waals surface area contributed by atoms with Crippen LogP contribution in [0.25, 0.3) is 0 Å². The van der Waals surface area contributed by atoms with Gasteiger partial charge in [-0.1, -0.05) is 12.1 Å². The molecule has 122 valence electrons. The number of esters is 1. The molecular formula is C16H18N2O5. The average Bonchev–Trinajstić information content (AvgIpc) is 3.07. The summed E-state index contributed by atoms with van der Waals surface area (Å²) >= 11 is 0. The maximum Gasteiger partial charge on any atom is 0.336 e. The summed E-state index contributed by atoms with van der Waals surface area (Å²) in [5.74, 6) is -1.24. The Labute approximate surface area is 133 Å². The Morgan fingerprint density at radius 3 is 2.91 bits per heavy atom. The molecule has 0 unspecified atom stereocenters. The monoisotopic (exact) mass is 318 g/mol. The number of nitrogens with zero attached hydrogens (tertiary/aromatic N) is 1. The summed E-state index contributed by atoms with van der Waals surface area (Å²) in [5.41, 5.74) is 1.16. The van der Waals surface area contributed by atoms with Crippen LogP contribution in [0.4, 0.5) is 11.4 Å². The Kier molecular flexibility index (Phi) is 4.29. The Morgan fingerprint density at radius 1 is 1.39 bits per heavy atom. The standard InChI is InChI=1S/C16H18N2O5/c1-10(23-16(21)13-7-4-8-22-13)15(20)18-9-14(19)17-11-5-2-3-6-12(11)18/h2-3,5-6,10,13H,4,7-9H2,1H3,(H,17,19)/t10-,13-/m1/s1. The highest BCUT2D eigenvalue weighted by Gasteiger charge is 2.33. The number of para-hydroxylation sites is 2. The van der Waals surface area contributed by atoms with Crippen molar-refractivity contribution in [1.82, 2.24) is 0 Å². The summed E-state index contributed by atoms with van der Waals surface area (Å²) in [6, 6.07) is 7.00. The molecule has 3 rings (SSSR count). The molecule has 1 saturated heterocycles.